The molecule has 0 spiro atoms. The van der Waals surface area contributed by atoms with E-state index < -0.39 is 6.10 Å². The fraction of sp³-hybridized carbons (Fsp3) is 0.859. The van der Waals surface area contributed by atoms with E-state index in [1.165, 1.54) is 225 Å². The van der Waals surface area contributed by atoms with Gasteiger partial charge in [-0.3, -0.25) is 14.4 Å². The molecule has 6 heteroatoms. The van der Waals surface area contributed by atoms with E-state index in [2.05, 4.69) is 57.2 Å². The highest BCUT2D eigenvalue weighted by Crippen LogP contribution is 2.17. The van der Waals surface area contributed by atoms with Crippen molar-refractivity contribution >= 4 is 17.9 Å². The first-order valence-electron chi connectivity index (χ1n) is 31.0. The van der Waals surface area contributed by atoms with Crippen LogP contribution in [-0.4, -0.2) is 37.2 Å². The molecule has 0 radical (unpaired) electrons. The largest absolute Gasteiger partial charge is 0.462 e. The molecule has 0 saturated heterocycles. The smallest absolute Gasteiger partial charge is 0.306 e. The van der Waals surface area contributed by atoms with Gasteiger partial charge in [-0.2, -0.15) is 0 Å². The molecule has 1 atom stereocenters. The normalized spacial score (nSPS) is 12.2. The lowest BCUT2D eigenvalue weighted by molar-refractivity contribution is -0.167. The number of allylic oxidation sites excluding steroid dienone is 6. The lowest BCUT2D eigenvalue weighted by Gasteiger charge is -2.18. The van der Waals surface area contributed by atoms with Crippen molar-refractivity contribution in [2.24, 2.45) is 0 Å². The first kappa shape index (κ1) is 67.6. The predicted octanol–water partition coefficient (Wildman–Crippen LogP) is 20.8. The Hall–Kier alpha value is -2.37. The van der Waals surface area contributed by atoms with Crippen LogP contribution in [0.3, 0.4) is 0 Å². The van der Waals surface area contributed by atoms with Crippen LogP contribution in [0.1, 0.15) is 335 Å². The zero-order valence-electron chi connectivity index (χ0n) is 47.1. The summed E-state index contributed by atoms with van der Waals surface area (Å²) in [5.41, 5.74) is 0. The van der Waals surface area contributed by atoms with E-state index in [4.69, 9.17) is 14.2 Å². The molecule has 70 heavy (non-hydrogen) atoms. The van der Waals surface area contributed by atoms with Gasteiger partial charge in [0.2, 0.25) is 0 Å². The Labute approximate surface area is 435 Å². The SMILES string of the molecule is CCCCCCC/C=C\C/C=C\C/C=C\CCCCCCCCCCCCCCCCC(=O)OCC(COC(=O)CCCCCCCCCCCCC)OC(=O)CCCCCCCCCCCCCC. The molecule has 1 unspecified atom stereocenters. The molecule has 0 aromatic heterocycles. The summed E-state index contributed by atoms with van der Waals surface area (Å²) < 4.78 is 16.9. The number of ether oxygens (including phenoxy) is 3. The highest BCUT2D eigenvalue weighted by atomic mass is 16.6. The van der Waals surface area contributed by atoms with E-state index in [1.54, 1.807) is 0 Å². The summed E-state index contributed by atoms with van der Waals surface area (Å²) in [5.74, 6) is -0.849. The maximum atomic E-state index is 12.8. The highest BCUT2D eigenvalue weighted by molar-refractivity contribution is 5.71. The number of hydrogen-bond donors (Lipinski definition) is 0. The van der Waals surface area contributed by atoms with Crippen LogP contribution in [0.15, 0.2) is 36.5 Å². The Balaban J connectivity index is 4.10. The van der Waals surface area contributed by atoms with Crippen molar-refractivity contribution in [3.63, 3.8) is 0 Å². The zero-order chi connectivity index (χ0) is 50.7. The summed E-state index contributed by atoms with van der Waals surface area (Å²) >= 11 is 0. The summed E-state index contributed by atoms with van der Waals surface area (Å²) in [4.78, 5) is 38.1. The fourth-order valence-electron chi connectivity index (χ4n) is 9.22. The van der Waals surface area contributed by atoms with Crippen molar-refractivity contribution in [3.05, 3.63) is 36.5 Å². The van der Waals surface area contributed by atoms with E-state index in [9.17, 15) is 14.4 Å². The average molecular weight is 984 g/mol. The Morgan fingerprint density at radius 1 is 0.286 bits per heavy atom. The van der Waals surface area contributed by atoms with Gasteiger partial charge < -0.3 is 14.2 Å². The van der Waals surface area contributed by atoms with Crippen LogP contribution in [0.25, 0.3) is 0 Å². The Bertz CT molecular complexity index is 1170. The predicted molar refractivity (Wildman–Crippen MR) is 302 cm³/mol. The van der Waals surface area contributed by atoms with Gasteiger partial charge in [0, 0.05) is 19.3 Å². The minimum atomic E-state index is -0.766. The lowest BCUT2D eigenvalue weighted by Crippen LogP contribution is -2.30. The summed E-state index contributed by atoms with van der Waals surface area (Å²) in [6.45, 7) is 6.66. The molecular formula is C64H118O6. The Kier molecular flexibility index (Phi) is 57.2. The third-order valence-electron chi connectivity index (χ3n) is 13.9. The third kappa shape index (κ3) is 56.5. The van der Waals surface area contributed by atoms with Gasteiger partial charge in [0.1, 0.15) is 13.2 Å². The van der Waals surface area contributed by atoms with Gasteiger partial charge in [-0.1, -0.05) is 295 Å². The summed E-state index contributed by atoms with van der Waals surface area (Å²) in [6, 6.07) is 0. The number of carbonyl (C=O) groups excluding carboxylic acids is 3. The number of hydrogen-bond acceptors (Lipinski definition) is 6. The fourth-order valence-corrected chi connectivity index (χ4v) is 9.22. The van der Waals surface area contributed by atoms with Crippen LogP contribution in [0.5, 0.6) is 0 Å². The van der Waals surface area contributed by atoms with Gasteiger partial charge in [0.25, 0.3) is 0 Å². The Morgan fingerprint density at radius 2 is 0.514 bits per heavy atom. The molecule has 0 heterocycles. The molecule has 0 fully saturated rings. The van der Waals surface area contributed by atoms with Gasteiger partial charge in [-0.05, 0) is 57.8 Å². The second-order valence-corrected chi connectivity index (χ2v) is 21.0. The van der Waals surface area contributed by atoms with E-state index in [0.29, 0.717) is 19.3 Å². The summed E-state index contributed by atoms with van der Waals surface area (Å²) in [5, 5.41) is 0. The topological polar surface area (TPSA) is 78.9 Å². The maximum Gasteiger partial charge on any atom is 0.306 e. The van der Waals surface area contributed by atoms with E-state index in [0.717, 1.165) is 70.6 Å². The second-order valence-electron chi connectivity index (χ2n) is 21.0. The quantitative estimate of drug-likeness (QED) is 0.0261. The van der Waals surface area contributed by atoms with Crippen LogP contribution >= 0.6 is 0 Å². The minimum Gasteiger partial charge on any atom is -0.462 e. The van der Waals surface area contributed by atoms with Gasteiger partial charge in [0.05, 0.1) is 0 Å². The minimum absolute atomic E-state index is 0.0663. The van der Waals surface area contributed by atoms with Crippen molar-refractivity contribution in [1.29, 1.82) is 0 Å². The van der Waals surface area contributed by atoms with Crippen LogP contribution in [0, 0.1) is 0 Å². The monoisotopic (exact) mass is 983 g/mol. The van der Waals surface area contributed by atoms with Crippen molar-refractivity contribution in [2.45, 2.75) is 341 Å². The second kappa shape index (κ2) is 59.2. The Morgan fingerprint density at radius 3 is 0.800 bits per heavy atom. The lowest BCUT2D eigenvalue weighted by atomic mass is 10.0. The first-order chi connectivity index (χ1) is 34.5. The van der Waals surface area contributed by atoms with Crippen LogP contribution in [0.4, 0.5) is 0 Å². The van der Waals surface area contributed by atoms with Gasteiger partial charge in [0.15, 0.2) is 6.10 Å². The molecule has 0 aliphatic carbocycles. The molecule has 0 amide bonds. The van der Waals surface area contributed by atoms with Gasteiger partial charge in [-0.15, -0.1) is 0 Å². The molecule has 0 N–H and O–H groups in total. The van der Waals surface area contributed by atoms with Crippen LogP contribution in [-0.2, 0) is 28.6 Å². The molecule has 410 valence electrons. The third-order valence-corrected chi connectivity index (χ3v) is 13.9. The summed E-state index contributed by atoms with van der Waals surface area (Å²) in [7, 11) is 0. The van der Waals surface area contributed by atoms with Crippen LogP contribution in [0.2, 0.25) is 0 Å². The van der Waals surface area contributed by atoms with E-state index in [-0.39, 0.29) is 31.1 Å². The molecular weight excluding hydrogens is 865 g/mol. The summed E-state index contributed by atoms with van der Waals surface area (Å²) in [6.07, 6.45) is 71.6. The first-order valence-corrected chi connectivity index (χ1v) is 31.0. The van der Waals surface area contributed by atoms with E-state index in [1.807, 2.05) is 0 Å². The van der Waals surface area contributed by atoms with Crippen molar-refractivity contribution < 1.29 is 28.6 Å². The van der Waals surface area contributed by atoms with Crippen molar-refractivity contribution in [2.75, 3.05) is 13.2 Å². The molecule has 0 aromatic carbocycles. The van der Waals surface area contributed by atoms with Gasteiger partial charge in [-0.25, -0.2) is 0 Å². The average Bonchev–Trinajstić information content (AvgIpc) is 3.36. The number of rotatable bonds is 57. The van der Waals surface area contributed by atoms with Gasteiger partial charge >= 0.3 is 17.9 Å². The molecule has 0 bridgehead atoms. The molecule has 0 aliphatic rings. The number of unbranched alkanes of at least 4 members (excludes halogenated alkanes) is 40. The standard InChI is InChI=1S/C64H118O6/c1-4-7-10-13-16-19-22-24-25-26-27-28-29-30-31-32-33-34-35-36-37-38-39-40-43-45-48-51-54-57-63(66)69-60-61(59-68-62(65)56-53-50-47-44-41-21-18-15-12-9-6-3)70-64(67)58-55-52-49-46-42-23-20-17-14-11-8-5-2/h22,24,26-27,29-30,61H,4-21,23,25,28,31-60H2,1-3H3/b24-22-,27-26-,30-29-. The molecule has 0 aromatic rings. The molecule has 0 aliphatic heterocycles. The zero-order valence-corrected chi connectivity index (χ0v) is 47.1. The highest BCUT2D eigenvalue weighted by Gasteiger charge is 2.19. The maximum absolute atomic E-state index is 12.8. The molecule has 6 nitrogen and oxygen atoms in total. The number of esters is 3. The molecule has 0 saturated carbocycles. The van der Waals surface area contributed by atoms with E-state index >= 15 is 0 Å². The molecule has 0 rings (SSSR count). The number of carbonyl (C=O) groups is 3. The van der Waals surface area contributed by atoms with Crippen LogP contribution < -0.4 is 0 Å². The van der Waals surface area contributed by atoms with Crippen molar-refractivity contribution in [3.8, 4) is 0 Å². The van der Waals surface area contributed by atoms with Crippen molar-refractivity contribution in [1.82, 2.24) is 0 Å².